The number of aromatic nitrogens is 1. The van der Waals surface area contributed by atoms with Gasteiger partial charge in [-0.15, -0.1) is 0 Å². The molecule has 266 valence electrons. The van der Waals surface area contributed by atoms with E-state index in [1.807, 2.05) is 36.4 Å². The van der Waals surface area contributed by atoms with Gasteiger partial charge in [-0.3, -0.25) is 0 Å². The van der Waals surface area contributed by atoms with Crippen molar-refractivity contribution in [2.75, 3.05) is 4.90 Å². The van der Waals surface area contributed by atoms with Crippen molar-refractivity contribution < 1.29 is 8.83 Å². The summed E-state index contributed by atoms with van der Waals surface area (Å²) in [5.74, 6) is 0.604. The number of nitrogens with zero attached hydrogens (tertiary/aromatic N) is 2. The van der Waals surface area contributed by atoms with Gasteiger partial charge >= 0.3 is 0 Å². The third-order valence-electron chi connectivity index (χ3n) is 11.5. The van der Waals surface area contributed by atoms with E-state index in [0.29, 0.717) is 11.5 Å². The second kappa shape index (κ2) is 12.4. The van der Waals surface area contributed by atoms with Crippen molar-refractivity contribution in [2.45, 2.75) is 19.3 Å². The first-order valence-electron chi connectivity index (χ1n) is 19.1. The lowest BCUT2D eigenvalue weighted by Gasteiger charge is -2.30. The predicted octanol–water partition coefficient (Wildman–Crippen LogP) is 14.5. The number of anilines is 3. The van der Waals surface area contributed by atoms with Crippen LogP contribution in [0.15, 0.2) is 191 Å². The summed E-state index contributed by atoms with van der Waals surface area (Å²) in [6.07, 6.45) is 0. The van der Waals surface area contributed by atoms with E-state index in [1.165, 1.54) is 33.4 Å². The van der Waals surface area contributed by atoms with Gasteiger partial charge in [-0.05, 0) is 88.0 Å². The molecular weight excluding hydrogens is 685 g/mol. The van der Waals surface area contributed by atoms with E-state index in [-0.39, 0.29) is 5.41 Å². The molecule has 56 heavy (non-hydrogen) atoms. The highest BCUT2D eigenvalue weighted by atomic mass is 16.4. The molecule has 0 radical (unpaired) electrons. The largest absolute Gasteiger partial charge is 0.456 e. The molecule has 0 amide bonds. The third-order valence-corrected chi connectivity index (χ3v) is 11.5. The van der Waals surface area contributed by atoms with Crippen molar-refractivity contribution in [1.82, 2.24) is 4.98 Å². The second-order valence-electron chi connectivity index (χ2n) is 15.1. The Hall–Kier alpha value is -7.17. The number of benzene rings is 8. The van der Waals surface area contributed by atoms with Crippen LogP contribution in [0.25, 0.3) is 77.9 Å². The van der Waals surface area contributed by atoms with Crippen LogP contribution in [0.5, 0.6) is 0 Å². The summed E-state index contributed by atoms with van der Waals surface area (Å²) >= 11 is 0. The van der Waals surface area contributed by atoms with E-state index in [1.54, 1.807) is 0 Å². The van der Waals surface area contributed by atoms with Crippen LogP contribution < -0.4 is 4.90 Å². The molecule has 0 unspecified atom stereocenters. The molecule has 0 saturated heterocycles. The van der Waals surface area contributed by atoms with E-state index in [2.05, 4.69) is 164 Å². The Morgan fingerprint density at radius 2 is 1.09 bits per heavy atom. The fourth-order valence-corrected chi connectivity index (χ4v) is 8.74. The van der Waals surface area contributed by atoms with Crippen molar-refractivity contribution in [1.29, 1.82) is 0 Å². The summed E-state index contributed by atoms with van der Waals surface area (Å²) in [6, 6.07) is 64.6. The number of furan rings is 1. The first-order valence-corrected chi connectivity index (χ1v) is 19.1. The SMILES string of the molecule is CC1(C)c2ccccc2-c2c(N(c3ccc(-c4ccc5oc6cc7oc(-c8ccccc8)nc7cc6c5c4)cc3)c3ccccc3-c3ccccc3)cccc21. The zero-order valence-electron chi connectivity index (χ0n) is 31.0. The maximum Gasteiger partial charge on any atom is 0.227 e. The minimum absolute atomic E-state index is 0.115. The van der Waals surface area contributed by atoms with E-state index < -0.39 is 0 Å². The monoisotopic (exact) mass is 720 g/mol. The van der Waals surface area contributed by atoms with E-state index >= 15 is 0 Å². The molecule has 4 heteroatoms. The number of fused-ring (bicyclic) bond motifs is 7. The maximum absolute atomic E-state index is 6.34. The Bertz CT molecular complexity index is 3100. The van der Waals surface area contributed by atoms with Gasteiger partial charge in [0.25, 0.3) is 0 Å². The Balaban J connectivity index is 1.04. The summed E-state index contributed by atoms with van der Waals surface area (Å²) in [4.78, 5) is 7.28. The Labute approximate surface area is 324 Å². The molecule has 4 nitrogen and oxygen atoms in total. The van der Waals surface area contributed by atoms with Crippen LogP contribution in [0, 0.1) is 0 Å². The first kappa shape index (κ1) is 32.3. The molecule has 2 aromatic heterocycles. The minimum Gasteiger partial charge on any atom is -0.456 e. The average Bonchev–Trinajstić information content (AvgIpc) is 3.90. The van der Waals surface area contributed by atoms with Crippen LogP contribution >= 0.6 is 0 Å². The van der Waals surface area contributed by atoms with Gasteiger partial charge in [-0.2, -0.15) is 0 Å². The van der Waals surface area contributed by atoms with Crippen LogP contribution in [0.1, 0.15) is 25.0 Å². The molecule has 1 aliphatic rings. The van der Waals surface area contributed by atoms with E-state index in [4.69, 9.17) is 13.8 Å². The summed E-state index contributed by atoms with van der Waals surface area (Å²) in [5, 5.41) is 2.07. The molecule has 8 aromatic carbocycles. The summed E-state index contributed by atoms with van der Waals surface area (Å²) in [7, 11) is 0. The highest BCUT2D eigenvalue weighted by molar-refractivity contribution is 6.10. The first-order chi connectivity index (χ1) is 27.5. The lowest BCUT2D eigenvalue weighted by Crippen LogP contribution is -2.16. The zero-order chi connectivity index (χ0) is 37.4. The van der Waals surface area contributed by atoms with E-state index in [0.717, 1.165) is 61.2 Å². The molecule has 1 aliphatic carbocycles. The normalized spacial score (nSPS) is 13.0. The molecule has 2 heterocycles. The zero-order valence-corrected chi connectivity index (χ0v) is 31.0. The average molecular weight is 721 g/mol. The molecular formula is C52H36N2O2. The molecule has 10 aromatic rings. The van der Waals surface area contributed by atoms with Crippen LogP contribution in [0.2, 0.25) is 0 Å². The van der Waals surface area contributed by atoms with Crippen molar-refractivity contribution in [3.63, 3.8) is 0 Å². The van der Waals surface area contributed by atoms with Crippen molar-refractivity contribution >= 4 is 50.1 Å². The van der Waals surface area contributed by atoms with Gasteiger partial charge in [-0.25, -0.2) is 4.98 Å². The molecule has 0 aliphatic heterocycles. The van der Waals surface area contributed by atoms with Crippen molar-refractivity contribution in [3.05, 3.63) is 193 Å². The van der Waals surface area contributed by atoms with Gasteiger partial charge in [0.15, 0.2) is 5.58 Å². The van der Waals surface area contributed by atoms with Crippen LogP contribution in [0.4, 0.5) is 17.1 Å². The van der Waals surface area contributed by atoms with Gasteiger partial charge in [0.05, 0.1) is 11.4 Å². The highest BCUT2D eigenvalue weighted by Crippen LogP contribution is 2.55. The Kier molecular flexibility index (Phi) is 7.17. The van der Waals surface area contributed by atoms with Crippen molar-refractivity contribution in [2.24, 2.45) is 0 Å². The lowest BCUT2D eigenvalue weighted by atomic mass is 9.82. The topological polar surface area (TPSA) is 42.4 Å². The third kappa shape index (κ3) is 5.03. The molecule has 0 atom stereocenters. The standard InChI is InChI=1S/C52H36N2O2/c1-52(2)42-20-11-9-19-39(42)50-43(52)21-13-23-46(50)54(45-22-12-10-18-38(45)34-14-5-3-6-15-34)37-27-24-33(25-28-37)36-26-29-47-40(30-36)41-31-44-49(32-48(41)55-47)56-51(53-44)35-16-7-4-8-17-35/h3-32H,1-2H3. The van der Waals surface area contributed by atoms with Gasteiger partial charge < -0.3 is 13.7 Å². The quantitative estimate of drug-likeness (QED) is 0.171. The second-order valence-corrected chi connectivity index (χ2v) is 15.1. The smallest absolute Gasteiger partial charge is 0.227 e. The Morgan fingerprint density at radius 1 is 0.446 bits per heavy atom. The Morgan fingerprint density at radius 3 is 1.89 bits per heavy atom. The number of hydrogen-bond donors (Lipinski definition) is 0. The van der Waals surface area contributed by atoms with Gasteiger partial charge in [0.1, 0.15) is 16.7 Å². The lowest BCUT2D eigenvalue weighted by molar-refractivity contribution is 0.617. The number of hydrogen-bond acceptors (Lipinski definition) is 4. The number of rotatable bonds is 6. The summed E-state index contributed by atoms with van der Waals surface area (Å²) in [5.41, 5.74) is 17.2. The highest BCUT2D eigenvalue weighted by Gasteiger charge is 2.38. The molecule has 0 bridgehead atoms. The number of para-hydroxylation sites is 1. The molecule has 0 N–H and O–H groups in total. The molecule has 0 saturated carbocycles. The summed E-state index contributed by atoms with van der Waals surface area (Å²) in [6.45, 7) is 4.68. The maximum atomic E-state index is 6.34. The fraction of sp³-hybridized carbons (Fsp3) is 0.0577. The van der Waals surface area contributed by atoms with Crippen molar-refractivity contribution in [3.8, 4) is 44.8 Å². The predicted molar refractivity (Wildman–Crippen MR) is 230 cm³/mol. The van der Waals surface area contributed by atoms with E-state index in [9.17, 15) is 0 Å². The molecule has 11 rings (SSSR count). The van der Waals surface area contributed by atoms with Gasteiger partial charge in [0, 0.05) is 44.6 Å². The number of oxazole rings is 1. The summed E-state index contributed by atoms with van der Waals surface area (Å²) < 4.78 is 12.5. The van der Waals surface area contributed by atoms with Gasteiger partial charge in [0.2, 0.25) is 5.89 Å². The minimum atomic E-state index is -0.115. The molecule has 0 fully saturated rings. The fourth-order valence-electron chi connectivity index (χ4n) is 8.74. The van der Waals surface area contributed by atoms with Gasteiger partial charge in [-0.1, -0.05) is 135 Å². The molecule has 0 spiro atoms. The van der Waals surface area contributed by atoms with Crippen LogP contribution in [-0.4, -0.2) is 4.98 Å². The van der Waals surface area contributed by atoms with Crippen LogP contribution in [-0.2, 0) is 5.41 Å². The van der Waals surface area contributed by atoms with Crippen LogP contribution in [0.3, 0.4) is 0 Å².